The molecule has 2 amide bonds. The molecule has 0 aliphatic heterocycles. The predicted octanol–water partition coefficient (Wildman–Crippen LogP) is 5.71. The number of hydrogen-bond donors (Lipinski definition) is 1. The highest BCUT2D eigenvalue weighted by atomic mass is 19.1. The summed E-state index contributed by atoms with van der Waals surface area (Å²) in [6.45, 7) is 4.22. The van der Waals surface area contributed by atoms with Crippen molar-refractivity contribution in [2.45, 2.75) is 77.4 Å². The lowest BCUT2D eigenvalue weighted by molar-refractivity contribution is 0.185. The molecule has 1 saturated carbocycles. The van der Waals surface area contributed by atoms with Crippen LogP contribution < -0.4 is 5.32 Å². The van der Waals surface area contributed by atoms with Crippen LogP contribution in [0.15, 0.2) is 42.6 Å². The lowest BCUT2D eigenvalue weighted by Gasteiger charge is -2.29. The summed E-state index contributed by atoms with van der Waals surface area (Å²) in [4.78, 5) is 15.0. The number of urea groups is 1. The Hall–Kier alpha value is -2.30. The molecule has 2 aromatic rings. The average Bonchev–Trinajstić information content (AvgIpc) is 3.16. The van der Waals surface area contributed by atoms with E-state index >= 15 is 0 Å². The molecular formula is C24H34FN3O. The van der Waals surface area contributed by atoms with Crippen LogP contribution in [0.3, 0.4) is 0 Å². The first-order chi connectivity index (χ1) is 14.2. The van der Waals surface area contributed by atoms with Gasteiger partial charge >= 0.3 is 6.03 Å². The monoisotopic (exact) mass is 399 g/mol. The lowest BCUT2D eigenvalue weighted by atomic mass is 9.96. The van der Waals surface area contributed by atoms with Gasteiger partial charge in [0.2, 0.25) is 0 Å². The van der Waals surface area contributed by atoms with Crippen LogP contribution in [0.5, 0.6) is 0 Å². The lowest BCUT2D eigenvalue weighted by Crippen LogP contribution is -2.45. The fraction of sp³-hybridized carbons (Fsp3) is 0.542. The second-order valence-corrected chi connectivity index (χ2v) is 8.17. The van der Waals surface area contributed by atoms with E-state index in [2.05, 4.69) is 22.9 Å². The van der Waals surface area contributed by atoms with Crippen LogP contribution in [0.2, 0.25) is 0 Å². The fourth-order valence-electron chi connectivity index (χ4n) is 4.05. The van der Waals surface area contributed by atoms with Gasteiger partial charge in [0.05, 0.1) is 6.54 Å². The standard InChI is InChI=1S/C24H34FN3O/c1-2-3-7-16-28(24(29)26-22-9-5-4-6-10-22)19-23-11-8-17-27(23)18-20-12-14-21(25)15-13-20/h8,11-15,17,22H,2-7,9-10,16,18-19H2,1H3,(H,26,29). The largest absolute Gasteiger partial charge is 0.345 e. The van der Waals surface area contributed by atoms with Crippen LogP contribution in [0.4, 0.5) is 9.18 Å². The van der Waals surface area contributed by atoms with Gasteiger partial charge in [-0.1, -0.05) is 51.2 Å². The normalized spacial score (nSPS) is 14.7. The highest BCUT2D eigenvalue weighted by Crippen LogP contribution is 2.18. The quantitative estimate of drug-likeness (QED) is 0.539. The number of amides is 2. The first-order valence-corrected chi connectivity index (χ1v) is 11.1. The molecule has 0 atom stereocenters. The van der Waals surface area contributed by atoms with E-state index in [0.29, 0.717) is 19.1 Å². The Morgan fingerprint density at radius 1 is 1.14 bits per heavy atom. The molecule has 29 heavy (non-hydrogen) atoms. The fourth-order valence-corrected chi connectivity index (χ4v) is 4.05. The number of benzene rings is 1. The van der Waals surface area contributed by atoms with Crippen LogP contribution >= 0.6 is 0 Å². The molecule has 1 aromatic carbocycles. The summed E-state index contributed by atoms with van der Waals surface area (Å²) in [7, 11) is 0. The van der Waals surface area contributed by atoms with E-state index in [1.165, 1.54) is 31.4 Å². The van der Waals surface area contributed by atoms with E-state index in [4.69, 9.17) is 0 Å². The van der Waals surface area contributed by atoms with Crippen molar-refractivity contribution in [2.75, 3.05) is 6.54 Å². The van der Waals surface area contributed by atoms with Gasteiger partial charge in [0.15, 0.2) is 0 Å². The number of rotatable bonds is 9. The molecule has 158 valence electrons. The van der Waals surface area contributed by atoms with Gasteiger partial charge in [0, 0.05) is 31.0 Å². The molecule has 0 saturated heterocycles. The molecule has 4 nitrogen and oxygen atoms in total. The Labute approximate surface area is 174 Å². The molecule has 0 bridgehead atoms. The number of halogens is 1. The van der Waals surface area contributed by atoms with Crippen LogP contribution in [-0.2, 0) is 13.1 Å². The van der Waals surface area contributed by atoms with Crippen molar-refractivity contribution in [3.63, 3.8) is 0 Å². The number of carbonyl (C=O) groups is 1. The van der Waals surface area contributed by atoms with E-state index in [9.17, 15) is 9.18 Å². The van der Waals surface area contributed by atoms with E-state index in [1.807, 2.05) is 29.3 Å². The molecule has 1 aliphatic rings. The molecule has 3 rings (SSSR count). The first kappa shape index (κ1) is 21.4. The zero-order chi connectivity index (χ0) is 20.5. The van der Waals surface area contributed by atoms with Crippen molar-refractivity contribution in [3.05, 3.63) is 59.7 Å². The number of nitrogens with one attached hydrogen (secondary N) is 1. The van der Waals surface area contributed by atoms with E-state index in [1.54, 1.807) is 0 Å². The molecule has 1 fully saturated rings. The van der Waals surface area contributed by atoms with Crippen molar-refractivity contribution >= 4 is 6.03 Å². The molecule has 1 aromatic heterocycles. The maximum Gasteiger partial charge on any atom is 0.317 e. The van der Waals surface area contributed by atoms with Gasteiger partial charge in [-0.15, -0.1) is 0 Å². The molecule has 0 spiro atoms. The smallest absolute Gasteiger partial charge is 0.317 e. The Kier molecular flexibility index (Phi) is 8.14. The SMILES string of the molecule is CCCCCN(Cc1cccn1Cc1ccc(F)cc1)C(=O)NC1CCCCC1. The zero-order valence-corrected chi connectivity index (χ0v) is 17.6. The molecule has 1 aliphatic carbocycles. The second kappa shape index (κ2) is 11.0. The molecule has 1 heterocycles. The van der Waals surface area contributed by atoms with Crippen molar-refractivity contribution < 1.29 is 9.18 Å². The summed E-state index contributed by atoms with van der Waals surface area (Å²) in [5.74, 6) is -0.219. The minimum Gasteiger partial charge on any atom is -0.345 e. The van der Waals surface area contributed by atoms with Crippen LogP contribution in [0.1, 0.15) is 69.5 Å². The summed E-state index contributed by atoms with van der Waals surface area (Å²) in [6, 6.07) is 11.1. The average molecular weight is 400 g/mol. The van der Waals surface area contributed by atoms with Gasteiger partial charge in [-0.05, 0) is 49.1 Å². The number of nitrogens with zero attached hydrogens (tertiary/aromatic N) is 2. The summed E-state index contributed by atoms with van der Waals surface area (Å²) in [5, 5.41) is 3.27. The van der Waals surface area contributed by atoms with E-state index in [0.717, 1.165) is 49.9 Å². The second-order valence-electron chi connectivity index (χ2n) is 8.17. The number of carbonyl (C=O) groups excluding carboxylic acids is 1. The number of hydrogen-bond acceptors (Lipinski definition) is 1. The summed E-state index contributed by atoms with van der Waals surface area (Å²) in [5.41, 5.74) is 2.15. The first-order valence-electron chi connectivity index (χ1n) is 11.1. The van der Waals surface area contributed by atoms with Crippen molar-refractivity contribution in [1.82, 2.24) is 14.8 Å². The molecule has 1 N–H and O–H groups in total. The maximum atomic E-state index is 13.2. The third-order valence-corrected chi connectivity index (χ3v) is 5.79. The number of unbranched alkanes of at least 4 members (excludes halogenated alkanes) is 2. The minimum absolute atomic E-state index is 0.0579. The highest BCUT2D eigenvalue weighted by molar-refractivity contribution is 5.74. The Morgan fingerprint density at radius 2 is 1.90 bits per heavy atom. The van der Waals surface area contributed by atoms with Crippen LogP contribution in [0.25, 0.3) is 0 Å². The topological polar surface area (TPSA) is 37.3 Å². The van der Waals surface area contributed by atoms with Gasteiger partial charge in [-0.2, -0.15) is 0 Å². The number of aromatic nitrogens is 1. The minimum atomic E-state index is -0.219. The zero-order valence-electron chi connectivity index (χ0n) is 17.6. The maximum absolute atomic E-state index is 13.2. The third-order valence-electron chi connectivity index (χ3n) is 5.79. The van der Waals surface area contributed by atoms with Crippen molar-refractivity contribution in [3.8, 4) is 0 Å². The highest BCUT2D eigenvalue weighted by Gasteiger charge is 2.20. The Balaban J connectivity index is 1.65. The van der Waals surface area contributed by atoms with Gasteiger partial charge < -0.3 is 14.8 Å². The third kappa shape index (κ3) is 6.62. The van der Waals surface area contributed by atoms with Crippen molar-refractivity contribution in [1.29, 1.82) is 0 Å². The van der Waals surface area contributed by atoms with E-state index < -0.39 is 0 Å². The molecule has 5 heteroatoms. The molecule has 0 radical (unpaired) electrons. The van der Waals surface area contributed by atoms with Gasteiger partial charge in [0.1, 0.15) is 5.82 Å². The van der Waals surface area contributed by atoms with Crippen LogP contribution in [0, 0.1) is 5.82 Å². The van der Waals surface area contributed by atoms with Crippen molar-refractivity contribution in [2.24, 2.45) is 0 Å². The Morgan fingerprint density at radius 3 is 2.62 bits per heavy atom. The molecule has 0 unspecified atom stereocenters. The Bertz CT molecular complexity index is 750. The summed E-state index contributed by atoms with van der Waals surface area (Å²) >= 11 is 0. The predicted molar refractivity (Wildman–Crippen MR) is 115 cm³/mol. The van der Waals surface area contributed by atoms with Gasteiger partial charge in [0.25, 0.3) is 0 Å². The summed E-state index contributed by atoms with van der Waals surface area (Å²) in [6.07, 6.45) is 11.2. The summed E-state index contributed by atoms with van der Waals surface area (Å²) < 4.78 is 15.3. The van der Waals surface area contributed by atoms with Gasteiger partial charge in [-0.3, -0.25) is 0 Å². The molecular weight excluding hydrogens is 365 g/mol. The van der Waals surface area contributed by atoms with E-state index in [-0.39, 0.29) is 11.8 Å². The van der Waals surface area contributed by atoms with Gasteiger partial charge in [-0.25, -0.2) is 9.18 Å². The van der Waals surface area contributed by atoms with Crippen LogP contribution in [-0.4, -0.2) is 28.1 Å².